The van der Waals surface area contributed by atoms with Crippen molar-refractivity contribution in [1.29, 1.82) is 0 Å². The maximum atomic E-state index is 10.7. The lowest BCUT2D eigenvalue weighted by molar-refractivity contribution is -0.118. The fourth-order valence-corrected chi connectivity index (χ4v) is 1.82. The second-order valence-corrected chi connectivity index (χ2v) is 4.07. The summed E-state index contributed by atoms with van der Waals surface area (Å²) in [6, 6.07) is 0. The van der Waals surface area contributed by atoms with Crippen molar-refractivity contribution in [1.82, 2.24) is 15.0 Å². The monoisotopic (exact) mass is 258 g/mol. The molecule has 1 aliphatic heterocycles. The summed E-state index contributed by atoms with van der Waals surface area (Å²) in [5, 5.41) is 35.6. The van der Waals surface area contributed by atoms with E-state index < -0.39 is 36.9 Å². The van der Waals surface area contributed by atoms with Crippen LogP contribution in [-0.4, -0.2) is 61.1 Å². The van der Waals surface area contributed by atoms with E-state index in [2.05, 4.69) is 10.3 Å². The zero-order valence-electron chi connectivity index (χ0n) is 9.38. The fourth-order valence-electron chi connectivity index (χ4n) is 1.82. The van der Waals surface area contributed by atoms with Gasteiger partial charge in [0.25, 0.3) is 0 Å². The van der Waals surface area contributed by atoms with Gasteiger partial charge in [0.2, 0.25) is 5.91 Å². The summed E-state index contributed by atoms with van der Waals surface area (Å²) >= 11 is 0. The first-order valence-corrected chi connectivity index (χ1v) is 5.33. The number of hydrogen-bond donors (Lipinski definition) is 4. The molecule has 18 heavy (non-hydrogen) atoms. The molecule has 1 aromatic heterocycles. The lowest BCUT2D eigenvalue weighted by Crippen LogP contribution is -2.32. The first-order chi connectivity index (χ1) is 8.52. The van der Waals surface area contributed by atoms with Gasteiger partial charge in [-0.15, -0.1) is 5.10 Å². The van der Waals surface area contributed by atoms with E-state index in [9.17, 15) is 15.0 Å². The number of nitrogens with zero attached hydrogens (tertiary/aromatic N) is 3. The normalized spacial score (nSPS) is 31.7. The van der Waals surface area contributed by atoms with Gasteiger partial charge in [-0.25, -0.2) is 4.68 Å². The third kappa shape index (κ3) is 2.34. The number of aliphatic hydroxyl groups is 3. The van der Waals surface area contributed by atoms with Gasteiger partial charge in [0.15, 0.2) is 0 Å². The maximum absolute atomic E-state index is 10.7. The Kier molecular flexibility index (Phi) is 3.57. The van der Waals surface area contributed by atoms with Crippen molar-refractivity contribution < 1.29 is 24.9 Å². The fraction of sp³-hybridized carbons (Fsp3) is 0.667. The zero-order chi connectivity index (χ0) is 13.3. The molecule has 0 spiro atoms. The van der Waals surface area contributed by atoms with Crippen LogP contribution in [0.2, 0.25) is 0 Å². The summed E-state index contributed by atoms with van der Waals surface area (Å²) in [5.41, 5.74) is 5.26. The van der Waals surface area contributed by atoms with Crippen LogP contribution in [0.3, 0.4) is 0 Å². The molecule has 2 rings (SSSR count). The highest BCUT2D eigenvalue weighted by Gasteiger charge is 2.44. The molecule has 0 bridgehead atoms. The molecule has 0 aromatic carbocycles. The van der Waals surface area contributed by atoms with Gasteiger partial charge < -0.3 is 25.8 Å². The number of nitrogens with two attached hydrogens (primary N) is 1. The van der Waals surface area contributed by atoms with Gasteiger partial charge in [-0.2, -0.15) is 0 Å². The Hall–Kier alpha value is -1.55. The maximum Gasteiger partial charge on any atom is 0.239 e. The third-order valence-electron chi connectivity index (χ3n) is 2.71. The van der Waals surface area contributed by atoms with Crippen LogP contribution in [0.4, 0.5) is 0 Å². The number of carbonyl (C=O) groups excluding carboxylic acids is 1. The first kappa shape index (κ1) is 12.9. The highest BCUT2D eigenvalue weighted by Crippen LogP contribution is 2.32. The van der Waals surface area contributed by atoms with E-state index in [4.69, 9.17) is 15.6 Å². The van der Waals surface area contributed by atoms with Crippen LogP contribution in [0, 0.1) is 0 Å². The van der Waals surface area contributed by atoms with Crippen LogP contribution in [0.1, 0.15) is 11.8 Å². The van der Waals surface area contributed by atoms with Crippen LogP contribution < -0.4 is 5.73 Å². The molecule has 1 aliphatic rings. The average molecular weight is 258 g/mol. The van der Waals surface area contributed by atoms with E-state index in [0.717, 1.165) is 0 Å². The highest BCUT2D eigenvalue weighted by molar-refractivity contribution is 5.73. The molecule has 2 heterocycles. The van der Waals surface area contributed by atoms with Crippen molar-refractivity contribution in [2.24, 2.45) is 5.73 Å². The molecule has 4 atom stereocenters. The van der Waals surface area contributed by atoms with E-state index in [-0.39, 0.29) is 12.2 Å². The van der Waals surface area contributed by atoms with Crippen molar-refractivity contribution >= 4 is 5.91 Å². The van der Waals surface area contributed by atoms with Crippen LogP contribution in [0.15, 0.2) is 6.20 Å². The van der Waals surface area contributed by atoms with Crippen LogP contribution in [0.25, 0.3) is 0 Å². The minimum Gasteiger partial charge on any atom is -0.394 e. The number of ether oxygens (including phenoxy) is 1. The smallest absolute Gasteiger partial charge is 0.239 e. The quantitative estimate of drug-likeness (QED) is 0.448. The van der Waals surface area contributed by atoms with E-state index in [1.165, 1.54) is 10.9 Å². The Balaban J connectivity index is 2.12. The molecule has 0 saturated carbocycles. The van der Waals surface area contributed by atoms with Crippen LogP contribution >= 0.6 is 0 Å². The molecule has 9 nitrogen and oxygen atoms in total. The Bertz CT molecular complexity index is 436. The predicted octanol–water partition coefficient (Wildman–Crippen LogP) is -3.08. The molecule has 0 aliphatic carbocycles. The Morgan fingerprint density at radius 3 is 2.78 bits per heavy atom. The SMILES string of the molecule is NC(=O)Cn1cc([C@@H]2O[C@H](CO)C(O)C2O)nn1. The third-order valence-corrected chi connectivity index (χ3v) is 2.71. The van der Waals surface area contributed by atoms with Gasteiger partial charge in [-0.05, 0) is 0 Å². The lowest BCUT2D eigenvalue weighted by atomic mass is 10.1. The molecular formula is C9H14N4O5. The van der Waals surface area contributed by atoms with Crippen molar-refractivity contribution in [2.45, 2.75) is 31.0 Å². The minimum atomic E-state index is -1.21. The number of primary amides is 1. The van der Waals surface area contributed by atoms with E-state index in [0.29, 0.717) is 0 Å². The molecule has 1 amide bonds. The van der Waals surface area contributed by atoms with E-state index in [1.807, 2.05) is 0 Å². The van der Waals surface area contributed by atoms with Crippen molar-refractivity contribution in [3.63, 3.8) is 0 Å². The topological polar surface area (TPSA) is 144 Å². The predicted molar refractivity (Wildman–Crippen MR) is 55.9 cm³/mol. The van der Waals surface area contributed by atoms with Gasteiger partial charge in [-0.1, -0.05) is 5.21 Å². The largest absolute Gasteiger partial charge is 0.394 e. The van der Waals surface area contributed by atoms with Crippen LogP contribution in [0.5, 0.6) is 0 Å². The Morgan fingerprint density at radius 2 is 2.22 bits per heavy atom. The average Bonchev–Trinajstić information content (AvgIpc) is 2.86. The number of aromatic nitrogens is 3. The summed E-state index contributed by atoms with van der Waals surface area (Å²) in [6.45, 7) is -0.550. The number of amides is 1. The number of aliphatic hydroxyl groups excluding tert-OH is 3. The number of rotatable bonds is 4. The number of hydrogen-bond acceptors (Lipinski definition) is 7. The summed E-state index contributed by atoms with van der Waals surface area (Å²) in [6.07, 6.45) is -2.77. The highest BCUT2D eigenvalue weighted by atomic mass is 16.6. The molecular weight excluding hydrogens is 244 g/mol. The van der Waals surface area contributed by atoms with Gasteiger partial charge in [0, 0.05) is 0 Å². The molecule has 1 aromatic rings. The summed E-state index contributed by atoms with van der Waals surface area (Å²) in [4.78, 5) is 10.7. The molecule has 100 valence electrons. The molecule has 1 saturated heterocycles. The minimum absolute atomic E-state index is 0.137. The zero-order valence-corrected chi connectivity index (χ0v) is 9.38. The van der Waals surface area contributed by atoms with Crippen molar-refractivity contribution in [2.75, 3.05) is 6.61 Å². The van der Waals surface area contributed by atoms with Gasteiger partial charge in [0.1, 0.15) is 36.7 Å². The molecule has 2 unspecified atom stereocenters. The van der Waals surface area contributed by atoms with Gasteiger partial charge >= 0.3 is 0 Å². The summed E-state index contributed by atoms with van der Waals surface area (Å²) in [7, 11) is 0. The van der Waals surface area contributed by atoms with Crippen molar-refractivity contribution in [3.05, 3.63) is 11.9 Å². The number of carbonyl (C=O) groups is 1. The Labute approximate surface area is 102 Å². The second-order valence-electron chi connectivity index (χ2n) is 4.07. The van der Waals surface area contributed by atoms with E-state index >= 15 is 0 Å². The van der Waals surface area contributed by atoms with Gasteiger partial charge in [-0.3, -0.25) is 4.79 Å². The summed E-state index contributed by atoms with van der Waals surface area (Å²) < 4.78 is 6.46. The standard InChI is InChI=1S/C9H14N4O5/c10-6(15)2-13-1-4(11-12-13)9-8(17)7(16)5(3-14)18-9/h1,5,7-9,14,16-17H,2-3H2,(H2,10,15)/t5-,7?,8?,9+/m1/s1. The molecule has 0 radical (unpaired) electrons. The molecule has 9 heteroatoms. The Morgan fingerprint density at radius 1 is 1.50 bits per heavy atom. The summed E-state index contributed by atoms with van der Waals surface area (Å²) in [5.74, 6) is -0.576. The first-order valence-electron chi connectivity index (χ1n) is 5.33. The van der Waals surface area contributed by atoms with Gasteiger partial charge in [0.05, 0.1) is 12.8 Å². The lowest BCUT2D eigenvalue weighted by Gasteiger charge is -2.11. The van der Waals surface area contributed by atoms with Crippen molar-refractivity contribution in [3.8, 4) is 0 Å². The molecule has 5 N–H and O–H groups in total. The van der Waals surface area contributed by atoms with Crippen LogP contribution in [-0.2, 0) is 16.1 Å². The molecule has 1 fully saturated rings. The van der Waals surface area contributed by atoms with E-state index in [1.54, 1.807) is 0 Å². The second kappa shape index (κ2) is 4.98.